The molecule has 0 saturated heterocycles. The van der Waals surface area contributed by atoms with Gasteiger partial charge in [-0.25, -0.2) is 9.97 Å². The summed E-state index contributed by atoms with van der Waals surface area (Å²) in [5.74, 6) is 0.692. The maximum absolute atomic E-state index is 12.6. The predicted molar refractivity (Wildman–Crippen MR) is 105 cm³/mol. The smallest absolute Gasteiger partial charge is 0.228 e. The first-order chi connectivity index (χ1) is 13.1. The molecular formula is C21H24N4O2. The Kier molecular flexibility index (Phi) is 4.90. The molecule has 1 fully saturated rings. The molecule has 0 radical (unpaired) electrons. The van der Waals surface area contributed by atoms with Crippen LogP contribution in [0.1, 0.15) is 25.7 Å². The van der Waals surface area contributed by atoms with Gasteiger partial charge in [-0.3, -0.25) is 4.79 Å². The second-order valence-corrected chi connectivity index (χ2v) is 7.22. The number of nitrogens with zero attached hydrogens (tertiary/aromatic N) is 3. The van der Waals surface area contributed by atoms with E-state index in [2.05, 4.69) is 27.4 Å². The Balaban J connectivity index is 1.52. The van der Waals surface area contributed by atoms with E-state index in [1.165, 1.54) is 0 Å². The first-order valence-corrected chi connectivity index (χ1v) is 9.34. The number of fused-ring (bicyclic) bond motifs is 1. The summed E-state index contributed by atoms with van der Waals surface area (Å²) in [4.78, 5) is 21.2. The highest BCUT2D eigenvalue weighted by atomic mass is 16.5. The Bertz CT molecular complexity index is 958. The van der Waals surface area contributed by atoms with E-state index in [1.54, 1.807) is 19.6 Å². The van der Waals surface area contributed by atoms with Gasteiger partial charge in [0, 0.05) is 37.2 Å². The largest absolute Gasteiger partial charge is 0.381 e. The van der Waals surface area contributed by atoms with Crippen molar-refractivity contribution < 1.29 is 9.53 Å². The summed E-state index contributed by atoms with van der Waals surface area (Å²) >= 11 is 0. The lowest BCUT2D eigenvalue weighted by molar-refractivity contribution is -0.121. The fourth-order valence-electron chi connectivity index (χ4n) is 3.79. The number of ether oxygens (including phenoxy) is 1. The topological polar surface area (TPSA) is 69.0 Å². The van der Waals surface area contributed by atoms with Gasteiger partial charge in [-0.05, 0) is 43.2 Å². The Hall–Kier alpha value is -2.73. The molecule has 0 atom stereocenters. The first kappa shape index (κ1) is 17.7. The highest BCUT2D eigenvalue weighted by molar-refractivity contribution is 5.95. The lowest BCUT2D eigenvalue weighted by atomic mass is 9.87. The van der Waals surface area contributed by atoms with E-state index >= 15 is 0 Å². The highest BCUT2D eigenvalue weighted by Crippen LogP contribution is 2.28. The molecule has 1 aliphatic rings. The van der Waals surface area contributed by atoms with Crippen LogP contribution in [0.3, 0.4) is 0 Å². The van der Waals surface area contributed by atoms with E-state index in [0.29, 0.717) is 11.9 Å². The molecule has 1 N–H and O–H groups in total. The Morgan fingerprint density at radius 3 is 2.67 bits per heavy atom. The van der Waals surface area contributed by atoms with Crippen LogP contribution in [0.2, 0.25) is 0 Å². The standard InChI is InChI=1S/C21H24N4O2/c1-25-13-22-12-19(25)15-3-4-16-11-23-20(10-17(16)9-15)24-21(26)14-5-7-18(27-2)8-6-14/h3-4,9-14,18H,5-8H2,1-2H3,(H,23,24,26)/t14-,18-. The van der Waals surface area contributed by atoms with Gasteiger partial charge >= 0.3 is 0 Å². The molecule has 1 aromatic carbocycles. The average molecular weight is 364 g/mol. The minimum absolute atomic E-state index is 0.0367. The number of carbonyl (C=O) groups excluding carboxylic acids is 1. The van der Waals surface area contributed by atoms with E-state index in [4.69, 9.17) is 4.74 Å². The molecule has 6 heteroatoms. The molecule has 2 heterocycles. The third kappa shape index (κ3) is 3.71. The maximum atomic E-state index is 12.6. The van der Waals surface area contributed by atoms with Crippen molar-refractivity contribution in [1.82, 2.24) is 14.5 Å². The van der Waals surface area contributed by atoms with E-state index < -0.39 is 0 Å². The molecule has 4 rings (SSSR count). The number of aryl methyl sites for hydroxylation is 1. The summed E-state index contributed by atoms with van der Waals surface area (Å²) < 4.78 is 7.37. The number of hydrogen-bond donors (Lipinski definition) is 1. The van der Waals surface area contributed by atoms with Crippen molar-refractivity contribution in [3.63, 3.8) is 0 Å². The summed E-state index contributed by atoms with van der Waals surface area (Å²) in [7, 11) is 3.72. The lowest BCUT2D eigenvalue weighted by Crippen LogP contribution is -2.29. The van der Waals surface area contributed by atoms with Gasteiger partial charge in [0.05, 0.1) is 24.3 Å². The number of carbonyl (C=O) groups is 1. The van der Waals surface area contributed by atoms with Crippen LogP contribution in [-0.2, 0) is 16.6 Å². The maximum Gasteiger partial charge on any atom is 0.228 e. The van der Waals surface area contributed by atoms with Crippen molar-refractivity contribution in [1.29, 1.82) is 0 Å². The zero-order valence-corrected chi connectivity index (χ0v) is 15.7. The molecule has 1 saturated carbocycles. The lowest BCUT2D eigenvalue weighted by Gasteiger charge is -2.26. The van der Waals surface area contributed by atoms with Crippen molar-refractivity contribution >= 4 is 22.5 Å². The summed E-state index contributed by atoms with van der Waals surface area (Å²) in [6, 6.07) is 8.15. The molecule has 0 aliphatic heterocycles. The van der Waals surface area contributed by atoms with E-state index in [9.17, 15) is 4.79 Å². The number of amides is 1. The van der Waals surface area contributed by atoms with Crippen LogP contribution in [0.15, 0.2) is 43.0 Å². The summed E-state index contributed by atoms with van der Waals surface area (Å²) in [5, 5.41) is 5.08. The van der Waals surface area contributed by atoms with Gasteiger partial charge in [0.15, 0.2) is 0 Å². The van der Waals surface area contributed by atoms with E-state index in [1.807, 2.05) is 29.9 Å². The summed E-state index contributed by atoms with van der Waals surface area (Å²) in [5.41, 5.74) is 2.14. The second kappa shape index (κ2) is 7.48. The van der Waals surface area contributed by atoms with Gasteiger partial charge in [0.2, 0.25) is 5.91 Å². The third-order valence-electron chi connectivity index (χ3n) is 5.46. The number of methoxy groups -OCH3 is 1. The highest BCUT2D eigenvalue weighted by Gasteiger charge is 2.26. The van der Waals surface area contributed by atoms with Gasteiger partial charge in [0.1, 0.15) is 5.82 Å². The number of imidazole rings is 1. The minimum Gasteiger partial charge on any atom is -0.381 e. The van der Waals surface area contributed by atoms with Crippen molar-refractivity contribution in [3.8, 4) is 11.3 Å². The zero-order chi connectivity index (χ0) is 18.8. The van der Waals surface area contributed by atoms with Crippen molar-refractivity contribution in [3.05, 3.63) is 43.0 Å². The quantitative estimate of drug-likeness (QED) is 0.765. The molecule has 1 aliphatic carbocycles. The molecule has 27 heavy (non-hydrogen) atoms. The van der Waals surface area contributed by atoms with Gasteiger partial charge in [0.25, 0.3) is 0 Å². The summed E-state index contributed by atoms with van der Waals surface area (Å²) in [6.07, 6.45) is 9.34. The molecule has 0 spiro atoms. The molecule has 6 nitrogen and oxygen atoms in total. The number of anilines is 1. The fraction of sp³-hybridized carbons (Fsp3) is 0.381. The summed E-state index contributed by atoms with van der Waals surface area (Å²) in [6.45, 7) is 0. The number of nitrogens with one attached hydrogen (secondary N) is 1. The third-order valence-corrected chi connectivity index (χ3v) is 5.46. The Morgan fingerprint density at radius 1 is 1.15 bits per heavy atom. The zero-order valence-electron chi connectivity index (χ0n) is 15.7. The second-order valence-electron chi connectivity index (χ2n) is 7.22. The van der Waals surface area contributed by atoms with Gasteiger partial charge in [-0.2, -0.15) is 0 Å². The molecule has 0 bridgehead atoms. The number of aromatic nitrogens is 3. The number of rotatable bonds is 4. The number of benzene rings is 1. The van der Waals surface area contributed by atoms with E-state index in [-0.39, 0.29) is 11.8 Å². The van der Waals surface area contributed by atoms with Crippen LogP contribution in [0, 0.1) is 5.92 Å². The average Bonchev–Trinajstić information content (AvgIpc) is 3.13. The van der Waals surface area contributed by atoms with Crippen molar-refractivity contribution in [2.75, 3.05) is 12.4 Å². The Labute approximate surface area is 158 Å². The van der Waals surface area contributed by atoms with Crippen LogP contribution in [0.4, 0.5) is 5.82 Å². The Morgan fingerprint density at radius 2 is 1.96 bits per heavy atom. The molecule has 3 aromatic rings. The van der Waals surface area contributed by atoms with Crippen LogP contribution in [0.5, 0.6) is 0 Å². The molecule has 140 valence electrons. The minimum atomic E-state index is 0.0367. The molecular weight excluding hydrogens is 340 g/mol. The van der Waals surface area contributed by atoms with Gasteiger partial charge in [-0.1, -0.05) is 12.1 Å². The van der Waals surface area contributed by atoms with Crippen LogP contribution in [-0.4, -0.2) is 33.7 Å². The molecule has 2 aromatic heterocycles. The van der Waals surface area contributed by atoms with Gasteiger partial charge < -0.3 is 14.6 Å². The first-order valence-electron chi connectivity index (χ1n) is 9.34. The van der Waals surface area contributed by atoms with Crippen LogP contribution >= 0.6 is 0 Å². The normalized spacial score (nSPS) is 19.9. The predicted octanol–water partition coefficient (Wildman–Crippen LogP) is 3.78. The van der Waals surface area contributed by atoms with Crippen molar-refractivity contribution in [2.24, 2.45) is 13.0 Å². The SMILES string of the molecule is CO[C@H]1CC[C@H](C(=O)Nc2cc3cc(-c4cncn4C)ccc3cn2)CC1. The van der Waals surface area contributed by atoms with Gasteiger partial charge in [-0.15, -0.1) is 0 Å². The van der Waals surface area contributed by atoms with Crippen LogP contribution < -0.4 is 5.32 Å². The van der Waals surface area contributed by atoms with Crippen molar-refractivity contribution in [2.45, 2.75) is 31.8 Å². The number of pyridine rings is 1. The van der Waals surface area contributed by atoms with E-state index in [0.717, 1.165) is 47.7 Å². The fourth-order valence-corrected chi connectivity index (χ4v) is 3.79. The molecule has 1 amide bonds. The number of hydrogen-bond acceptors (Lipinski definition) is 4. The monoisotopic (exact) mass is 364 g/mol. The van der Waals surface area contributed by atoms with Crippen LogP contribution in [0.25, 0.3) is 22.0 Å². The molecule has 0 unspecified atom stereocenters.